The van der Waals surface area contributed by atoms with Gasteiger partial charge in [-0.2, -0.15) is 0 Å². The predicted octanol–water partition coefficient (Wildman–Crippen LogP) is 3.13. The zero-order valence-corrected chi connectivity index (χ0v) is 9.96. The van der Waals surface area contributed by atoms with Crippen LogP contribution in [0.25, 0.3) is 0 Å². The molecule has 0 radical (unpaired) electrons. The monoisotopic (exact) mass is 276 g/mol. The van der Waals surface area contributed by atoms with Gasteiger partial charge in [0, 0.05) is 6.61 Å². The Balaban J connectivity index is 2.28. The molecule has 2 nitrogen and oxygen atoms in total. The van der Waals surface area contributed by atoms with Crippen LogP contribution >= 0.6 is 15.9 Å². The zero-order chi connectivity index (χ0) is 11.1. The van der Waals surface area contributed by atoms with Crippen molar-refractivity contribution in [2.75, 3.05) is 13.2 Å². The summed E-state index contributed by atoms with van der Waals surface area (Å²) in [4.78, 5) is 0. The number of halogens is 2. The van der Waals surface area contributed by atoms with Gasteiger partial charge in [-0.25, -0.2) is 4.39 Å². The Hall–Kier alpha value is -0.610. The van der Waals surface area contributed by atoms with E-state index in [0.717, 1.165) is 19.3 Å². The van der Waals surface area contributed by atoms with E-state index in [9.17, 15) is 4.39 Å². The van der Waals surface area contributed by atoms with Crippen LogP contribution in [0.15, 0.2) is 22.7 Å². The van der Waals surface area contributed by atoms with Crippen LogP contribution in [-0.2, 0) is 0 Å². The third-order valence-electron chi connectivity index (χ3n) is 1.96. The van der Waals surface area contributed by atoms with Crippen molar-refractivity contribution >= 4 is 15.9 Å². The number of unbranched alkanes of at least 4 members (excludes halogenated alkanes) is 2. The molecule has 0 amide bonds. The molecule has 0 spiro atoms. The van der Waals surface area contributed by atoms with Crippen LogP contribution in [0.2, 0.25) is 0 Å². The molecule has 4 heteroatoms. The molecule has 15 heavy (non-hydrogen) atoms. The Morgan fingerprint density at radius 2 is 2.07 bits per heavy atom. The molecule has 0 fully saturated rings. The van der Waals surface area contributed by atoms with E-state index in [-0.39, 0.29) is 12.4 Å². The van der Waals surface area contributed by atoms with Crippen molar-refractivity contribution in [3.8, 4) is 5.75 Å². The van der Waals surface area contributed by atoms with Crippen LogP contribution < -0.4 is 4.74 Å². The van der Waals surface area contributed by atoms with Crippen LogP contribution in [0, 0.1) is 5.82 Å². The van der Waals surface area contributed by atoms with Crippen molar-refractivity contribution in [3.05, 3.63) is 28.5 Å². The molecule has 0 unspecified atom stereocenters. The molecule has 0 aliphatic heterocycles. The smallest absolute Gasteiger partial charge is 0.137 e. The molecule has 0 saturated heterocycles. The second-order valence-corrected chi connectivity index (χ2v) is 4.06. The molecule has 1 N–H and O–H groups in total. The van der Waals surface area contributed by atoms with Crippen molar-refractivity contribution in [1.82, 2.24) is 0 Å². The van der Waals surface area contributed by atoms with Gasteiger partial charge in [0.1, 0.15) is 11.6 Å². The first kappa shape index (κ1) is 12.5. The fourth-order valence-corrected chi connectivity index (χ4v) is 1.51. The molecule has 0 aliphatic rings. The lowest BCUT2D eigenvalue weighted by Crippen LogP contribution is -1.98. The van der Waals surface area contributed by atoms with Gasteiger partial charge in [-0.3, -0.25) is 0 Å². The molecule has 0 heterocycles. The molecule has 1 aromatic carbocycles. The summed E-state index contributed by atoms with van der Waals surface area (Å²) >= 11 is 3.09. The summed E-state index contributed by atoms with van der Waals surface area (Å²) in [7, 11) is 0. The van der Waals surface area contributed by atoms with Gasteiger partial charge in [-0.05, 0) is 53.4 Å². The highest BCUT2D eigenvalue weighted by molar-refractivity contribution is 9.10. The number of hydrogen-bond acceptors (Lipinski definition) is 2. The topological polar surface area (TPSA) is 29.5 Å². The molecule has 0 aromatic heterocycles. The fraction of sp³-hybridized carbons (Fsp3) is 0.455. The Morgan fingerprint density at radius 3 is 2.73 bits per heavy atom. The lowest BCUT2D eigenvalue weighted by molar-refractivity contribution is 0.266. The summed E-state index contributed by atoms with van der Waals surface area (Å²) in [6.45, 7) is 0.820. The molecular formula is C11H14BrFO2. The van der Waals surface area contributed by atoms with Gasteiger partial charge in [0.25, 0.3) is 0 Å². The van der Waals surface area contributed by atoms with E-state index in [1.807, 2.05) is 0 Å². The summed E-state index contributed by atoms with van der Waals surface area (Å²) in [6.07, 6.45) is 2.64. The minimum Gasteiger partial charge on any atom is -0.494 e. The van der Waals surface area contributed by atoms with Crippen LogP contribution in [0.1, 0.15) is 19.3 Å². The van der Waals surface area contributed by atoms with Gasteiger partial charge in [-0.1, -0.05) is 0 Å². The van der Waals surface area contributed by atoms with Gasteiger partial charge in [-0.15, -0.1) is 0 Å². The van der Waals surface area contributed by atoms with Crippen molar-refractivity contribution in [1.29, 1.82) is 0 Å². The fourth-order valence-electron chi connectivity index (χ4n) is 1.15. The maximum atomic E-state index is 12.9. The second-order valence-electron chi connectivity index (χ2n) is 3.21. The second kappa shape index (κ2) is 6.80. The van der Waals surface area contributed by atoms with E-state index in [0.29, 0.717) is 16.8 Å². The minimum absolute atomic E-state index is 0.224. The summed E-state index contributed by atoms with van der Waals surface area (Å²) in [5.74, 6) is 0.370. The number of aliphatic hydroxyl groups excluding tert-OH is 1. The van der Waals surface area contributed by atoms with Crippen molar-refractivity contribution in [3.63, 3.8) is 0 Å². The molecule has 84 valence electrons. The minimum atomic E-state index is -0.289. The summed E-state index contributed by atoms with van der Waals surface area (Å²) in [5.41, 5.74) is 0. The van der Waals surface area contributed by atoms with E-state index in [2.05, 4.69) is 15.9 Å². The predicted molar refractivity (Wildman–Crippen MR) is 60.5 cm³/mol. The van der Waals surface area contributed by atoms with E-state index in [1.54, 1.807) is 12.1 Å². The first-order valence-corrected chi connectivity index (χ1v) is 5.72. The molecule has 0 bridgehead atoms. The van der Waals surface area contributed by atoms with Crippen LogP contribution in [0.3, 0.4) is 0 Å². The number of rotatable bonds is 6. The van der Waals surface area contributed by atoms with Gasteiger partial charge in [0.05, 0.1) is 11.1 Å². The van der Waals surface area contributed by atoms with E-state index >= 15 is 0 Å². The Labute approximate surface area is 97.2 Å². The SMILES string of the molecule is OCCCCCOc1ccc(F)c(Br)c1. The molecular weight excluding hydrogens is 263 g/mol. The first-order chi connectivity index (χ1) is 7.24. The summed E-state index contributed by atoms with van der Waals surface area (Å²) < 4.78 is 18.7. The third kappa shape index (κ3) is 4.62. The number of benzene rings is 1. The maximum absolute atomic E-state index is 12.9. The summed E-state index contributed by atoms with van der Waals surface area (Å²) in [6, 6.07) is 4.58. The van der Waals surface area contributed by atoms with Crippen molar-refractivity contribution in [2.45, 2.75) is 19.3 Å². The average Bonchev–Trinajstić information content (AvgIpc) is 2.23. The molecule has 0 atom stereocenters. The highest BCUT2D eigenvalue weighted by Crippen LogP contribution is 2.21. The highest BCUT2D eigenvalue weighted by atomic mass is 79.9. The number of hydrogen-bond donors (Lipinski definition) is 1. The number of aliphatic hydroxyl groups is 1. The Morgan fingerprint density at radius 1 is 1.27 bits per heavy atom. The Kier molecular flexibility index (Phi) is 5.65. The van der Waals surface area contributed by atoms with E-state index < -0.39 is 0 Å². The highest BCUT2D eigenvalue weighted by Gasteiger charge is 2.00. The molecule has 1 rings (SSSR count). The van der Waals surface area contributed by atoms with Gasteiger partial charge in [0.2, 0.25) is 0 Å². The third-order valence-corrected chi connectivity index (χ3v) is 2.57. The normalized spacial score (nSPS) is 10.3. The average molecular weight is 277 g/mol. The first-order valence-electron chi connectivity index (χ1n) is 4.93. The van der Waals surface area contributed by atoms with Crippen LogP contribution in [-0.4, -0.2) is 18.3 Å². The van der Waals surface area contributed by atoms with Crippen LogP contribution in [0.4, 0.5) is 4.39 Å². The van der Waals surface area contributed by atoms with Gasteiger partial charge < -0.3 is 9.84 Å². The standard InChI is InChI=1S/C11H14BrFO2/c12-10-8-9(4-5-11(10)13)15-7-3-1-2-6-14/h4-5,8,14H,1-3,6-7H2. The molecule has 0 saturated carbocycles. The maximum Gasteiger partial charge on any atom is 0.137 e. The molecule has 0 aliphatic carbocycles. The van der Waals surface area contributed by atoms with Gasteiger partial charge in [0.15, 0.2) is 0 Å². The van der Waals surface area contributed by atoms with Gasteiger partial charge >= 0.3 is 0 Å². The number of ether oxygens (including phenoxy) is 1. The van der Waals surface area contributed by atoms with Crippen molar-refractivity contribution in [2.24, 2.45) is 0 Å². The zero-order valence-electron chi connectivity index (χ0n) is 8.38. The lowest BCUT2D eigenvalue weighted by Gasteiger charge is -2.06. The van der Waals surface area contributed by atoms with Crippen molar-refractivity contribution < 1.29 is 14.2 Å². The van der Waals surface area contributed by atoms with E-state index in [4.69, 9.17) is 9.84 Å². The quantitative estimate of drug-likeness (QED) is 0.809. The lowest BCUT2D eigenvalue weighted by atomic mass is 10.2. The van der Waals surface area contributed by atoms with Crippen LogP contribution in [0.5, 0.6) is 5.75 Å². The Bertz CT molecular complexity index is 305. The molecule has 1 aromatic rings. The van der Waals surface area contributed by atoms with E-state index in [1.165, 1.54) is 6.07 Å². The summed E-state index contributed by atoms with van der Waals surface area (Å²) in [5, 5.41) is 8.56. The largest absolute Gasteiger partial charge is 0.494 e.